The van der Waals surface area contributed by atoms with Crippen molar-refractivity contribution in [2.75, 3.05) is 6.54 Å². The highest BCUT2D eigenvalue weighted by Crippen LogP contribution is 2.18. The van der Waals surface area contributed by atoms with Crippen LogP contribution in [0.1, 0.15) is 32.6 Å². The molecule has 0 radical (unpaired) electrons. The third-order valence-electron chi connectivity index (χ3n) is 1.84. The molecule has 0 amide bonds. The lowest BCUT2D eigenvalue weighted by molar-refractivity contribution is 0.160. The smallest absolute Gasteiger partial charge is 0.0664 e. The molecule has 0 saturated heterocycles. The molecule has 1 unspecified atom stereocenters. The number of nitrogens with one attached hydrogen (secondary N) is 1. The molecule has 1 atom stereocenters. The second-order valence-electron chi connectivity index (χ2n) is 3.13. The molecular formula is C8H17NO. The van der Waals surface area contributed by atoms with E-state index in [0.29, 0.717) is 0 Å². The van der Waals surface area contributed by atoms with Crippen LogP contribution >= 0.6 is 0 Å². The zero-order chi connectivity index (χ0) is 7.40. The normalized spacial score (nSPS) is 21.0. The predicted octanol–water partition coefficient (Wildman–Crippen LogP) is 0.899. The Hall–Kier alpha value is -0.0800. The standard InChI is InChI=1S/C8H17NO/c1-2-3-8(10)6-9-7-4-5-7/h7-10H,2-6H2,1H3. The van der Waals surface area contributed by atoms with Gasteiger partial charge in [0.15, 0.2) is 0 Å². The van der Waals surface area contributed by atoms with Crippen LogP contribution in [-0.4, -0.2) is 23.8 Å². The van der Waals surface area contributed by atoms with E-state index in [1.54, 1.807) is 0 Å². The van der Waals surface area contributed by atoms with Crippen molar-refractivity contribution in [1.82, 2.24) is 5.32 Å². The molecule has 0 aromatic heterocycles. The van der Waals surface area contributed by atoms with E-state index in [1.165, 1.54) is 12.8 Å². The van der Waals surface area contributed by atoms with Crippen molar-refractivity contribution < 1.29 is 5.11 Å². The van der Waals surface area contributed by atoms with Gasteiger partial charge in [0, 0.05) is 12.6 Å². The summed E-state index contributed by atoms with van der Waals surface area (Å²) in [5.74, 6) is 0. The topological polar surface area (TPSA) is 32.3 Å². The highest BCUT2D eigenvalue weighted by Gasteiger charge is 2.20. The monoisotopic (exact) mass is 143 g/mol. The van der Waals surface area contributed by atoms with Gasteiger partial charge in [-0.05, 0) is 19.3 Å². The molecule has 2 N–H and O–H groups in total. The minimum Gasteiger partial charge on any atom is -0.392 e. The van der Waals surface area contributed by atoms with Crippen LogP contribution < -0.4 is 5.32 Å². The van der Waals surface area contributed by atoms with E-state index in [2.05, 4.69) is 12.2 Å². The van der Waals surface area contributed by atoms with E-state index < -0.39 is 0 Å². The van der Waals surface area contributed by atoms with Crippen molar-refractivity contribution in [1.29, 1.82) is 0 Å². The Kier molecular flexibility index (Phi) is 3.16. The fourth-order valence-corrected chi connectivity index (χ4v) is 1.03. The van der Waals surface area contributed by atoms with E-state index in [4.69, 9.17) is 0 Å². The molecule has 1 saturated carbocycles. The van der Waals surface area contributed by atoms with Gasteiger partial charge in [-0.1, -0.05) is 13.3 Å². The summed E-state index contributed by atoms with van der Waals surface area (Å²) < 4.78 is 0. The summed E-state index contributed by atoms with van der Waals surface area (Å²) in [6.45, 7) is 2.89. The van der Waals surface area contributed by atoms with Crippen LogP contribution in [0.25, 0.3) is 0 Å². The largest absolute Gasteiger partial charge is 0.392 e. The Balaban J connectivity index is 1.89. The van der Waals surface area contributed by atoms with Crippen molar-refractivity contribution in [2.24, 2.45) is 0 Å². The van der Waals surface area contributed by atoms with E-state index >= 15 is 0 Å². The first kappa shape index (κ1) is 8.02. The Bertz CT molecular complexity index is 91.3. The van der Waals surface area contributed by atoms with Gasteiger partial charge < -0.3 is 10.4 Å². The van der Waals surface area contributed by atoms with Gasteiger partial charge in [0.1, 0.15) is 0 Å². The zero-order valence-corrected chi connectivity index (χ0v) is 6.64. The summed E-state index contributed by atoms with van der Waals surface area (Å²) in [4.78, 5) is 0. The molecule has 0 bridgehead atoms. The first-order valence-corrected chi connectivity index (χ1v) is 4.24. The minimum atomic E-state index is -0.120. The first-order chi connectivity index (χ1) is 4.83. The zero-order valence-electron chi connectivity index (χ0n) is 6.64. The SMILES string of the molecule is CCCC(O)CNC1CC1. The lowest BCUT2D eigenvalue weighted by Gasteiger charge is -2.08. The number of hydrogen-bond donors (Lipinski definition) is 2. The summed E-state index contributed by atoms with van der Waals surface area (Å²) in [7, 11) is 0. The fraction of sp³-hybridized carbons (Fsp3) is 1.00. The molecule has 0 aromatic rings. The average Bonchev–Trinajstić information content (AvgIpc) is 2.67. The molecular weight excluding hydrogens is 126 g/mol. The maximum Gasteiger partial charge on any atom is 0.0664 e. The number of hydrogen-bond acceptors (Lipinski definition) is 2. The third kappa shape index (κ3) is 3.18. The van der Waals surface area contributed by atoms with Gasteiger partial charge in [0.2, 0.25) is 0 Å². The van der Waals surface area contributed by atoms with E-state index in [9.17, 15) is 5.11 Å². The molecule has 0 aromatic carbocycles. The van der Waals surface area contributed by atoms with Gasteiger partial charge in [0.25, 0.3) is 0 Å². The van der Waals surface area contributed by atoms with Crippen molar-refractivity contribution in [2.45, 2.75) is 44.8 Å². The summed E-state index contributed by atoms with van der Waals surface area (Å²) in [5.41, 5.74) is 0. The lowest BCUT2D eigenvalue weighted by Crippen LogP contribution is -2.28. The van der Waals surface area contributed by atoms with Crippen molar-refractivity contribution in [3.8, 4) is 0 Å². The summed E-state index contributed by atoms with van der Waals surface area (Å²) >= 11 is 0. The third-order valence-corrected chi connectivity index (χ3v) is 1.84. The van der Waals surface area contributed by atoms with Gasteiger partial charge in [0.05, 0.1) is 6.10 Å². The molecule has 10 heavy (non-hydrogen) atoms. The molecule has 2 nitrogen and oxygen atoms in total. The maximum atomic E-state index is 9.26. The highest BCUT2D eigenvalue weighted by molar-refractivity contribution is 4.81. The lowest BCUT2D eigenvalue weighted by atomic mass is 10.2. The maximum absolute atomic E-state index is 9.26. The number of rotatable bonds is 5. The Morgan fingerprint density at radius 3 is 2.80 bits per heavy atom. The van der Waals surface area contributed by atoms with Gasteiger partial charge in [-0.2, -0.15) is 0 Å². The molecule has 1 fully saturated rings. The van der Waals surface area contributed by atoms with Crippen LogP contribution in [0.15, 0.2) is 0 Å². The van der Waals surface area contributed by atoms with Crippen molar-refractivity contribution in [3.05, 3.63) is 0 Å². The van der Waals surface area contributed by atoms with Gasteiger partial charge in [-0.3, -0.25) is 0 Å². The van der Waals surface area contributed by atoms with Crippen LogP contribution in [0.2, 0.25) is 0 Å². The van der Waals surface area contributed by atoms with E-state index in [0.717, 1.165) is 25.4 Å². The molecule has 1 aliphatic carbocycles. The minimum absolute atomic E-state index is 0.120. The molecule has 1 aliphatic rings. The molecule has 60 valence electrons. The van der Waals surface area contributed by atoms with Crippen LogP contribution in [0.3, 0.4) is 0 Å². The Morgan fingerprint density at radius 1 is 1.60 bits per heavy atom. The molecule has 0 aliphatic heterocycles. The molecule has 0 heterocycles. The highest BCUT2D eigenvalue weighted by atomic mass is 16.3. The number of aliphatic hydroxyl groups is 1. The molecule has 2 heteroatoms. The number of aliphatic hydroxyl groups excluding tert-OH is 1. The first-order valence-electron chi connectivity index (χ1n) is 4.24. The summed E-state index contributed by atoms with van der Waals surface area (Å²) in [5, 5.41) is 12.6. The van der Waals surface area contributed by atoms with Gasteiger partial charge in [-0.25, -0.2) is 0 Å². The van der Waals surface area contributed by atoms with Crippen molar-refractivity contribution in [3.63, 3.8) is 0 Å². The molecule has 1 rings (SSSR count). The second kappa shape index (κ2) is 3.94. The molecule has 0 spiro atoms. The van der Waals surface area contributed by atoms with Crippen LogP contribution in [0.4, 0.5) is 0 Å². The fourth-order valence-electron chi connectivity index (χ4n) is 1.03. The Morgan fingerprint density at radius 2 is 2.30 bits per heavy atom. The van der Waals surface area contributed by atoms with E-state index in [-0.39, 0.29) is 6.10 Å². The van der Waals surface area contributed by atoms with Gasteiger partial charge in [-0.15, -0.1) is 0 Å². The quantitative estimate of drug-likeness (QED) is 0.599. The van der Waals surface area contributed by atoms with Crippen molar-refractivity contribution >= 4 is 0 Å². The van der Waals surface area contributed by atoms with Gasteiger partial charge >= 0.3 is 0 Å². The average molecular weight is 143 g/mol. The van der Waals surface area contributed by atoms with Crippen LogP contribution in [0.5, 0.6) is 0 Å². The van der Waals surface area contributed by atoms with Crippen LogP contribution in [0, 0.1) is 0 Å². The second-order valence-corrected chi connectivity index (χ2v) is 3.13. The van der Waals surface area contributed by atoms with Crippen LogP contribution in [-0.2, 0) is 0 Å². The Labute approximate surface area is 62.6 Å². The predicted molar refractivity (Wildman–Crippen MR) is 41.9 cm³/mol. The summed E-state index contributed by atoms with van der Waals surface area (Å²) in [6, 6.07) is 0.728. The summed E-state index contributed by atoms with van der Waals surface area (Å²) in [6.07, 6.45) is 4.50. The van der Waals surface area contributed by atoms with E-state index in [1.807, 2.05) is 0 Å².